The fourth-order valence-corrected chi connectivity index (χ4v) is 0.908. The Balaban J connectivity index is 3.68. The Morgan fingerprint density at radius 3 is 2.50 bits per heavy atom. The molecule has 0 rings (SSSR count). The molecule has 1 N–H and O–H groups in total. The molecule has 0 aliphatic rings. The van der Waals surface area contributed by atoms with Crippen LogP contribution in [0.1, 0.15) is 6.42 Å². The van der Waals surface area contributed by atoms with Gasteiger partial charge in [0.1, 0.15) is 0 Å². The Morgan fingerprint density at radius 2 is 2.20 bits per heavy atom. The summed E-state index contributed by atoms with van der Waals surface area (Å²) < 4.78 is 3.74. The number of hydrogen-bond acceptors (Lipinski definition) is 3. The summed E-state index contributed by atoms with van der Waals surface area (Å²) in [6, 6.07) is 0. The molecule has 0 radical (unpaired) electrons. The van der Waals surface area contributed by atoms with Crippen molar-refractivity contribution < 1.29 is 19.4 Å². The van der Waals surface area contributed by atoms with Gasteiger partial charge in [0.2, 0.25) is 0 Å². The molecule has 4 nitrogen and oxygen atoms in total. The predicted molar refractivity (Wildman–Crippen MR) is 35.2 cm³/mol. The third kappa shape index (κ3) is 3.79. The molecule has 0 aliphatic heterocycles. The molecule has 10 heavy (non-hydrogen) atoms. The molecule has 5 heteroatoms. The molecule has 1 atom stereocenters. The van der Waals surface area contributed by atoms with E-state index in [1.165, 1.54) is 7.11 Å². The second kappa shape index (κ2) is 4.62. The second-order valence-electron chi connectivity index (χ2n) is 1.63. The molecule has 1 unspecified atom stereocenters. The third-order valence-corrected chi connectivity index (χ3v) is 2.44. The summed E-state index contributed by atoms with van der Waals surface area (Å²) in [6.07, 6.45) is -0.0143. The molecule has 0 bridgehead atoms. The van der Waals surface area contributed by atoms with Crippen LogP contribution in [-0.4, -0.2) is 49.2 Å². The number of carbonyl (C=O) groups is 2. The number of esters is 1. The number of rotatable bonds is 3. The maximum absolute atomic E-state index is 10.5. The molecule has 0 aromatic heterocycles. The van der Waals surface area contributed by atoms with Gasteiger partial charge >= 0.3 is 73.5 Å². The summed E-state index contributed by atoms with van der Waals surface area (Å²) in [5.41, 5.74) is 0. The van der Waals surface area contributed by atoms with E-state index in [-0.39, 0.29) is 6.42 Å². The van der Waals surface area contributed by atoms with E-state index in [4.69, 9.17) is 5.11 Å². The van der Waals surface area contributed by atoms with E-state index in [1.807, 2.05) is 0 Å². The van der Waals surface area contributed by atoms with Gasteiger partial charge < -0.3 is 0 Å². The Labute approximate surface area is 73.7 Å². The van der Waals surface area contributed by atoms with Crippen LogP contribution in [0.25, 0.3) is 0 Å². The van der Waals surface area contributed by atoms with E-state index in [0.29, 0.717) is 25.1 Å². The Morgan fingerprint density at radius 1 is 1.70 bits per heavy atom. The molecule has 0 saturated carbocycles. The van der Waals surface area contributed by atoms with Crippen LogP contribution in [0.4, 0.5) is 0 Å². The topological polar surface area (TPSA) is 63.6 Å². The van der Waals surface area contributed by atoms with Crippen molar-refractivity contribution >= 4 is 37.0 Å². The van der Waals surface area contributed by atoms with Crippen molar-refractivity contribution in [3.05, 3.63) is 0 Å². The third-order valence-electron chi connectivity index (χ3n) is 0.873. The molecule has 58 valence electrons. The zero-order valence-electron chi connectivity index (χ0n) is 5.40. The van der Waals surface area contributed by atoms with Gasteiger partial charge in [-0.3, -0.25) is 0 Å². The molecule has 0 heterocycles. The van der Waals surface area contributed by atoms with Crippen LogP contribution in [0.3, 0.4) is 0 Å². The number of ether oxygens (including phenoxy) is 1. The maximum atomic E-state index is 10.5. The first kappa shape index (κ1) is 9.84. The first-order chi connectivity index (χ1) is 4.57. The quantitative estimate of drug-likeness (QED) is 0.692. The molecule has 0 aromatic rings. The number of methoxy groups -OCH3 is 1. The summed E-state index contributed by atoms with van der Waals surface area (Å²) in [4.78, 5) is 20.6. The molecular formula is C5H8O4Po. The number of aliphatic carboxylic acids is 1. The van der Waals surface area contributed by atoms with E-state index in [1.54, 1.807) is 0 Å². The van der Waals surface area contributed by atoms with Crippen LogP contribution in [0.2, 0.25) is 3.58 Å². The van der Waals surface area contributed by atoms with Crippen LogP contribution in [-0.2, 0) is 14.3 Å². The predicted octanol–water partition coefficient (Wildman–Crippen LogP) is -0.677. The van der Waals surface area contributed by atoms with Gasteiger partial charge in [-0.15, -0.1) is 0 Å². The number of carboxylic acids is 1. The second-order valence-corrected chi connectivity index (χ2v) is 4.06. The number of carbonyl (C=O) groups excluding carboxylic acids is 1. The van der Waals surface area contributed by atoms with Crippen molar-refractivity contribution in [3.63, 3.8) is 0 Å². The van der Waals surface area contributed by atoms with E-state index in [2.05, 4.69) is 4.74 Å². The van der Waals surface area contributed by atoms with Crippen LogP contribution in [0, 0.1) is 0 Å². The summed E-state index contributed by atoms with van der Waals surface area (Å²) in [5.74, 6) is -1.39. The molecular weight excluding hydrogens is 333 g/mol. The van der Waals surface area contributed by atoms with Gasteiger partial charge in [-0.1, -0.05) is 0 Å². The van der Waals surface area contributed by atoms with Crippen molar-refractivity contribution in [1.29, 1.82) is 0 Å². The van der Waals surface area contributed by atoms with Crippen molar-refractivity contribution in [2.75, 3.05) is 7.11 Å². The van der Waals surface area contributed by atoms with Crippen LogP contribution in [0.5, 0.6) is 0 Å². The molecule has 0 saturated heterocycles. The van der Waals surface area contributed by atoms with Crippen LogP contribution in [0.15, 0.2) is 0 Å². The SMILES string of the molecule is COC(=O)C[CH]([PoH])C(=O)O. The normalized spacial score (nSPS) is 12.2. The van der Waals surface area contributed by atoms with Crippen molar-refractivity contribution in [3.8, 4) is 0 Å². The van der Waals surface area contributed by atoms with Crippen molar-refractivity contribution in [2.24, 2.45) is 0 Å². The van der Waals surface area contributed by atoms with Gasteiger partial charge in [-0.2, -0.15) is 0 Å². The molecule has 0 fully saturated rings. The molecule has 0 aromatic carbocycles. The number of carboxylic acid groups (broad SMARTS) is 1. The molecule has 0 spiro atoms. The zero-order chi connectivity index (χ0) is 8.15. The number of hydrogen-bond donors (Lipinski definition) is 1. The molecule has 0 amide bonds. The van der Waals surface area contributed by atoms with E-state index in [0.717, 1.165) is 0 Å². The summed E-state index contributed by atoms with van der Waals surface area (Å²) in [7, 11) is 1.25. The molecule has 0 aliphatic carbocycles. The summed E-state index contributed by atoms with van der Waals surface area (Å²) >= 11 is 0.672. The van der Waals surface area contributed by atoms with Gasteiger partial charge in [-0.05, 0) is 0 Å². The van der Waals surface area contributed by atoms with Crippen molar-refractivity contribution in [1.82, 2.24) is 0 Å². The van der Waals surface area contributed by atoms with Crippen LogP contribution < -0.4 is 0 Å². The Kier molecular flexibility index (Phi) is 4.55. The Hall–Kier alpha value is -0.164. The summed E-state index contributed by atoms with van der Waals surface area (Å²) in [6.45, 7) is 0. The zero-order valence-corrected chi connectivity index (χ0v) is 8.88. The first-order valence-corrected chi connectivity index (χ1v) is 4.56. The fraction of sp³-hybridized carbons (Fsp3) is 0.600. The summed E-state index contributed by atoms with van der Waals surface area (Å²) in [5, 5.41) is 8.35. The fourth-order valence-electron chi connectivity index (χ4n) is 0.329. The van der Waals surface area contributed by atoms with E-state index < -0.39 is 15.5 Å². The Bertz CT molecular complexity index is 145. The van der Waals surface area contributed by atoms with E-state index >= 15 is 0 Å². The van der Waals surface area contributed by atoms with E-state index in [9.17, 15) is 9.59 Å². The van der Waals surface area contributed by atoms with Gasteiger partial charge in [0, 0.05) is 0 Å². The van der Waals surface area contributed by atoms with Gasteiger partial charge in [0.05, 0.1) is 0 Å². The van der Waals surface area contributed by atoms with Crippen LogP contribution >= 0.6 is 0 Å². The van der Waals surface area contributed by atoms with Crippen molar-refractivity contribution in [2.45, 2.75) is 10.00 Å². The van der Waals surface area contributed by atoms with Gasteiger partial charge in [0.15, 0.2) is 0 Å². The first-order valence-electron chi connectivity index (χ1n) is 2.55. The van der Waals surface area contributed by atoms with Gasteiger partial charge in [0.25, 0.3) is 0 Å². The van der Waals surface area contributed by atoms with Gasteiger partial charge in [-0.25, -0.2) is 0 Å². The minimum atomic E-state index is -0.932. The standard InChI is InChI=1S/C5H7O4.Po.H/c1-9-5(8)3-2-4(6)7;;/h2H,3H2,1H3,(H,6,7);;. The average molecular weight is 341 g/mol. The monoisotopic (exact) mass is 341 g/mol. The minimum absolute atomic E-state index is 0.0143. The average Bonchev–Trinajstić information content (AvgIpc) is 1.87.